The van der Waals surface area contributed by atoms with E-state index >= 15 is 0 Å². The second kappa shape index (κ2) is 16.0. The molecule has 0 atom stereocenters. The van der Waals surface area contributed by atoms with Crippen LogP contribution in [0.4, 0.5) is 0 Å². The Bertz CT molecular complexity index is 1670. The summed E-state index contributed by atoms with van der Waals surface area (Å²) in [6, 6.07) is 35.1. The number of hydrogen-bond acceptors (Lipinski definition) is 0. The summed E-state index contributed by atoms with van der Waals surface area (Å²) in [5.41, 5.74) is 11.7. The first-order valence-electron chi connectivity index (χ1n) is 16.5. The van der Waals surface area contributed by atoms with Crippen LogP contribution in [0.1, 0.15) is 91.0 Å². The molecule has 238 valence electrons. The van der Waals surface area contributed by atoms with Crippen molar-refractivity contribution in [3.8, 4) is 22.3 Å². The van der Waals surface area contributed by atoms with Crippen molar-refractivity contribution in [2.45, 2.75) is 92.4 Å². The van der Waals surface area contributed by atoms with Crippen LogP contribution >= 0.6 is 17.0 Å². The maximum Gasteiger partial charge on any atom is 0.0920 e. The summed E-state index contributed by atoms with van der Waals surface area (Å²) in [6.07, 6.45) is 3.44. The standard InChI is InChI=1S/C30H41.C12H7Si.2ClH.Zr/c1-10-11-22-12-13-23-15-21(14-20(2)3)16-27(23)28(22)24-17-25(29(4,5)6)19-26(18-24)30(7,8)9;1-3-7-11-9(5-1)10-6-2-4-8-12(10)13-11;;;/h12-13,15-20H,10-11,14H2,1-9H3;1-7H;2*1H;/q2*-1;;;+4/p-2. The molecule has 1 heterocycles. The number of fused-ring (bicyclic) bond motifs is 4. The zero-order valence-corrected chi connectivity index (χ0v) is 34.0. The summed E-state index contributed by atoms with van der Waals surface area (Å²) in [7, 11) is 10.7. The van der Waals surface area contributed by atoms with Crippen LogP contribution in [0.2, 0.25) is 0 Å². The van der Waals surface area contributed by atoms with Gasteiger partial charge < -0.3 is 0 Å². The average Bonchev–Trinajstić information content (AvgIpc) is 3.57. The van der Waals surface area contributed by atoms with Crippen LogP contribution in [-0.4, -0.2) is 9.52 Å². The minimum absolute atomic E-state index is 0.129. The van der Waals surface area contributed by atoms with Crippen LogP contribution < -0.4 is 10.4 Å². The molecule has 0 amide bonds. The van der Waals surface area contributed by atoms with E-state index in [0.717, 1.165) is 22.4 Å². The van der Waals surface area contributed by atoms with E-state index in [1.54, 1.807) is 0 Å². The first-order chi connectivity index (χ1) is 21.8. The van der Waals surface area contributed by atoms with E-state index in [4.69, 9.17) is 17.0 Å². The summed E-state index contributed by atoms with van der Waals surface area (Å²) < 4.78 is 0. The maximum absolute atomic E-state index is 4.93. The molecule has 6 rings (SSSR count). The van der Waals surface area contributed by atoms with Crippen LogP contribution in [0, 0.1) is 12.0 Å². The molecule has 5 aromatic carbocycles. The van der Waals surface area contributed by atoms with Crippen molar-refractivity contribution >= 4 is 47.7 Å². The van der Waals surface area contributed by atoms with Crippen LogP contribution in [0.3, 0.4) is 0 Å². The van der Waals surface area contributed by atoms with Gasteiger partial charge in [0.1, 0.15) is 0 Å². The van der Waals surface area contributed by atoms with E-state index in [1.165, 1.54) is 72.1 Å². The fraction of sp³-hybridized carbons (Fsp3) is 0.357. The molecule has 4 heteroatoms. The molecule has 46 heavy (non-hydrogen) atoms. The summed E-state index contributed by atoms with van der Waals surface area (Å²) >= 11 is -0.826. The van der Waals surface area contributed by atoms with E-state index in [-0.39, 0.29) is 10.8 Å². The van der Waals surface area contributed by atoms with E-state index < -0.39 is 20.8 Å². The van der Waals surface area contributed by atoms with Gasteiger partial charge in [-0.25, -0.2) is 0 Å². The zero-order valence-electron chi connectivity index (χ0n) is 29.0. The van der Waals surface area contributed by atoms with Crippen molar-refractivity contribution in [1.29, 1.82) is 0 Å². The molecule has 2 radical (unpaired) electrons. The van der Waals surface area contributed by atoms with Crippen LogP contribution in [0.5, 0.6) is 0 Å². The Morgan fingerprint density at radius 3 is 2.07 bits per heavy atom. The fourth-order valence-corrected chi connectivity index (χ4v) is 7.47. The van der Waals surface area contributed by atoms with Gasteiger partial charge in [0.15, 0.2) is 0 Å². The van der Waals surface area contributed by atoms with Crippen molar-refractivity contribution in [1.82, 2.24) is 0 Å². The minimum Gasteiger partial charge on any atom is -0.184 e. The van der Waals surface area contributed by atoms with E-state index in [1.807, 2.05) is 6.07 Å². The number of halogens is 2. The van der Waals surface area contributed by atoms with Gasteiger partial charge in [0.25, 0.3) is 0 Å². The smallest absolute Gasteiger partial charge is 0.0920 e. The van der Waals surface area contributed by atoms with Gasteiger partial charge >= 0.3 is 37.9 Å². The molecule has 0 saturated carbocycles. The van der Waals surface area contributed by atoms with Gasteiger partial charge in [0.05, 0.1) is 9.52 Å². The molecule has 0 nitrogen and oxygen atoms in total. The number of benzene rings is 4. The van der Waals surface area contributed by atoms with Gasteiger partial charge in [-0.1, -0.05) is 133 Å². The summed E-state index contributed by atoms with van der Waals surface area (Å²) in [4.78, 5) is 0. The third-order valence-electron chi connectivity index (χ3n) is 8.49. The number of rotatable bonds is 5. The van der Waals surface area contributed by atoms with Crippen molar-refractivity contribution in [2.75, 3.05) is 0 Å². The Kier molecular flexibility index (Phi) is 12.9. The monoisotopic (exact) mass is 740 g/mol. The number of hydrogen-bond donors (Lipinski definition) is 0. The first-order valence-corrected chi connectivity index (χ1v) is 23.8. The molecule has 0 aliphatic carbocycles. The predicted octanol–water partition coefficient (Wildman–Crippen LogP) is 11.5. The summed E-state index contributed by atoms with van der Waals surface area (Å²) in [5, 5.41) is 5.64. The summed E-state index contributed by atoms with van der Waals surface area (Å²) in [6.45, 7) is 20.9. The maximum atomic E-state index is 4.93. The Morgan fingerprint density at radius 2 is 1.46 bits per heavy atom. The van der Waals surface area contributed by atoms with Crippen LogP contribution in [-0.2, 0) is 44.5 Å². The zero-order chi connectivity index (χ0) is 33.6. The van der Waals surface area contributed by atoms with E-state index in [2.05, 4.69) is 147 Å². The molecule has 0 fully saturated rings. The average molecular weight is 743 g/mol. The Morgan fingerprint density at radius 1 is 0.826 bits per heavy atom. The SMILES string of the molecule is CCCc1ccc2[cH-]c(CC(C)C)cc2c1-c1cc(C(C)(C)C)cc(C(C)(C)C)c1.[Cl][Zr+2][Cl].[c-]1cccc2c1[Si]c1ccccc1-2. The molecule has 0 bridgehead atoms. The summed E-state index contributed by atoms with van der Waals surface area (Å²) in [5.74, 6) is 0.678. The molecular weight excluding hydrogens is 695 g/mol. The fourth-order valence-electron chi connectivity index (χ4n) is 6.16. The van der Waals surface area contributed by atoms with Crippen molar-refractivity contribution in [3.05, 3.63) is 113 Å². The third kappa shape index (κ3) is 9.19. The van der Waals surface area contributed by atoms with E-state index in [9.17, 15) is 0 Å². The molecule has 5 aromatic rings. The van der Waals surface area contributed by atoms with Crippen LogP contribution in [0.25, 0.3) is 33.0 Å². The van der Waals surface area contributed by atoms with Crippen LogP contribution in [0.15, 0.2) is 84.9 Å². The first kappa shape index (κ1) is 37.0. The Balaban J connectivity index is 0.000000245. The van der Waals surface area contributed by atoms with Gasteiger partial charge in [-0.15, -0.1) is 40.1 Å². The Hall–Kier alpha value is -1.83. The molecule has 1 aliphatic rings. The molecular formula is C42H48Cl2SiZr. The quantitative estimate of drug-likeness (QED) is 0.122. The van der Waals surface area contributed by atoms with Crippen molar-refractivity contribution in [3.63, 3.8) is 0 Å². The number of aryl methyl sites for hydroxylation is 1. The van der Waals surface area contributed by atoms with Gasteiger partial charge in [0.2, 0.25) is 0 Å². The Labute approximate surface area is 300 Å². The molecule has 0 aromatic heterocycles. The molecule has 0 N–H and O–H groups in total. The topological polar surface area (TPSA) is 0 Å². The van der Waals surface area contributed by atoms with Gasteiger partial charge in [0, 0.05) is 0 Å². The second-order valence-corrected chi connectivity index (χ2v) is 19.8. The normalized spacial score (nSPS) is 12.1. The minimum atomic E-state index is -0.826. The largest absolute Gasteiger partial charge is 0.184 e. The predicted molar refractivity (Wildman–Crippen MR) is 202 cm³/mol. The van der Waals surface area contributed by atoms with Gasteiger partial charge in [-0.2, -0.15) is 35.5 Å². The van der Waals surface area contributed by atoms with Crippen molar-refractivity contribution in [2.24, 2.45) is 5.92 Å². The molecule has 0 saturated heterocycles. The van der Waals surface area contributed by atoms with E-state index in [0.29, 0.717) is 5.92 Å². The molecule has 1 aliphatic heterocycles. The molecule has 0 spiro atoms. The van der Waals surface area contributed by atoms with Gasteiger partial charge in [-0.05, 0) is 46.3 Å². The van der Waals surface area contributed by atoms with Crippen molar-refractivity contribution < 1.29 is 20.8 Å². The van der Waals surface area contributed by atoms with Gasteiger partial charge in [-0.3, -0.25) is 0 Å². The molecule has 0 unspecified atom stereocenters. The second-order valence-electron chi connectivity index (χ2n) is 14.8. The third-order valence-corrected chi connectivity index (χ3v) is 9.86.